The van der Waals surface area contributed by atoms with Crippen LogP contribution in [0.1, 0.15) is 43.0 Å². The van der Waals surface area contributed by atoms with Gasteiger partial charge < -0.3 is 10.1 Å². The number of carbonyl (C=O) groups is 1. The van der Waals surface area contributed by atoms with Crippen LogP contribution in [-0.2, 0) is 0 Å². The molecule has 0 aromatic heterocycles. The lowest BCUT2D eigenvalue weighted by atomic mass is 9.89. The van der Waals surface area contributed by atoms with Crippen molar-refractivity contribution in [2.75, 3.05) is 13.2 Å². The molecular weight excluding hydrogens is 274 g/mol. The molecule has 1 aliphatic rings. The average molecular weight is 296 g/mol. The third-order valence-electron chi connectivity index (χ3n) is 3.76. The molecule has 2 rings (SSSR count). The van der Waals surface area contributed by atoms with E-state index in [0.717, 1.165) is 38.0 Å². The van der Waals surface area contributed by atoms with Crippen LogP contribution in [0.4, 0.5) is 0 Å². The van der Waals surface area contributed by atoms with Crippen LogP contribution in [0, 0.1) is 5.92 Å². The number of halogens is 1. The highest BCUT2D eigenvalue weighted by Gasteiger charge is 2.20. The molecule has 4 heteroatoms. The van der Waals surface area contributed by atoms with Gasteiger partial charge >= 0.3 is 0 Å². The molecule has 110 valence electrons. The van der Waals surface area contributed by atoms with E-state index in [0.29, 0.717) is 23.5 Å². The molecule has 1 aliphatic carbocycles. The van der Waals surface area contributed by atoms with E-state index < -0.39 is 0 Å². The van der Waals surface area contributed by atoms with E-state index in [1.54, 1.807) is 12.1 Å². The second-order valence-corrected chi connectivity index (χ2v) is 5.90. The second-order valence-electron chi connectivity index (χ2n) is 5.29. The SMILES string of the molecule is CCOc1ccc(C(=O)NCC2CCC(Cl)CC2)cc1. The normalized spacial score (nSPS) is 22.3. The lowest BCUT2D eigenvalue weighted by Gasteiger charge is -2.25. The van der Waals surface area contributed by atoms with E-state index in [9.17, 15) is 4.79 Å². The zero-order valence-corrected chi connectivity index (χ0v) is 12.7. The highest BCUT2D eigenvalue weighted by atomic mass is 35.5. The van der Waals surface area contributed by atoms with Crippen LogP contribution >= 0.6 is 11.6 Å². The van der Waals surface area contributed by atoms with Crippen molar-refractivity contribution >= 4 is 17.5 Å². The number of rotatable bonds is 5. The smallest absolute Gasteiger partial charge is 0.251 e. The fourth-order valence-corrected chi connectivity index (χ4v) is 2.79. The van der Waals surface area contributed by atoms with Gasteiger partial charge in [-0.15, -0.1) is 11.6 Å². The Labute approximate surface area is 125 Å². The monoisotopic (exact) mass is 295 g/mol. The van der Waals surface area contributed by atoms with Gasteiger partial charge in [0.05, 0.1) is 6.61 Å². The number of ether oxygens (including phenoxy) is 1. The number of carbonyl (C=O) groups excluding carboxylic acids is 1. The first-order chi connectivity index (χ1) is 9.69. The summed E-state index contributed by atoms with van der Waals surface area (Å²) in [4.78, 5) is 12.0. The summed E-state index contributed by atoms with van der Waals surface area (Å²) in [6.07, 6.45) is 4.34. The number of amides is 1. The largest absolute Gasteiger partial charge is 0.494 e. The Morgan fingerprint density at radius 3 is 2.50 bits per heavy atom. The molecule has 0 unspecified atom stereocenters. The van der Waals surface area contributed by atoms with Crippen molar-refractivity contribution in [2.45, 2.75) is 38.0 Å². The van der Waals surface area contributed by atoms with Crippen LogP contribution in [-0.4, -0.2) is 24.4 Å². The summed E-state index contributed by atoms with van der Waals surface area (Å²) in [5.74, 6) is 1.35. The summed E-state index contributed by atoms with van der Waals surface area (Å²) in [5, 5.41) is 3.34. The first-order valence-electron chi connectivity index (χ1n) is 7.34. The molecule has 0 spiro atoms. The Morgan fingerprint density at radius 2 is 1.90 bits per heavy atom. The molecule has 1 aromatic rings. The van der Waals surface area contributed by atoms with E-state index in [-0.39, 0.29) is 5.91 Å². The van der Waals surface area contributed by atoms with Gasteiger partial charge in [-0.25, -0.2) is 0 Å². The van der Waals surface area contributed by atoms with Gasteiger partial charge in [0.15, 0.2) is 0 Å². The first kappa shape index (κ1) is 15.2. The summed E-state index contributed by atoms with van der Waals surface area (Å²) >= 11 is 6.08. The fourth-order valence-electron chi connectivity index (χ4n) is 2.53. The molecule has 0 aliphatic heterocycles. The highest BCUT2D eigenvalue weighted by Crippen LogP contribution is 2.27. The number of hydrogen-bond acceptors (Lipinski definition) is 2. The molecule has 1 aromatic carbocycles. The number of alkyl halides is 1. The quantitative estimate of drug-likeness (QED) is 0.843. The van der Waals surface area contributed by atoms with E-state index >= 15 is 0 Å². The molecule has 0 heterocycles. The molecule has 0 bridgehead atoms. The van der Waals surface area contributed by atoms with E-state index in [4.69, 9.17) is 16.3 Å². The number of benzene rings is 1. The lowest BCUT2D eigenvalue weighted by molar-refractivity contribution is 0.0943. The van der Waals surface area contributed by atoms with Crippen molar-refractivity contribution < 1.29 is 9.53 Å². The fraction of sp³-hybridized carbons (Fsp3) is 0.562. The predicted octanol–water partition coefficient (Wildman–Crippen LogP) is 3.61. The van der Waals surface area contributed by atoms with Gasteiger partial charge in [-0.05, 0) is 62.8 Å². The summed E-state index contributed by atoms with van der Waals surface area (Å²) in [7, 11) is 0. The molecule has 1 N–H and O–H groups in total. The van der Waals surface area contributed by atoms with Gasteiger partial charge in [0, 0.05) is 17.5 Å². The Morgan fingerprint density at radius 1 is 1.25 bits per heavy atom. The number of nitrogens with one attached hydrogen (secondary N) is 1. The van der Waals surface area contributed by atoms with Gasteiger partial charge in [-0.3, -0.25) is 4.79 Å². The minimum atomic E-state index is -0.0129. The van der Waals surface area contributed by atoms with Crippen LogP contribution < -0.4 is 10.1 Å². The topological polar surface area (TPSA) is 38.3 Å². The van der Waals surface area contributed by atoms with Gasteiger partial charge in [-0.2, -0.15) is 0 Å². The third kappa shape index (κ3) is 4.41. The summed E-state index contributed by atoms with van der Waals surface area (Å²) in [6, 6.07) is 7.26. The first-order valence-corrected chi connectivity index (χ1v) is 7.77. The van der Waals surface area contributed by atoms with Gasteiger partial charge in [0.25, 0.3) is 5.91 Å². The van der Waals surface area contributed by atoms with Crippen LogP contribution in [0.15, 0.2) is 24.3 Å². The van der Waals surface area contributed by atoms with Crippen molar-refractivity contribution in [2.24, 2.45) is 5.92 Å². The summed E-state index contributed by atoms with van der Waals surface area (Å²) in [6.45, 7) is 3.32. The molecule has 20 heavy (non-hydrogen) atoms. The molecule has 1 fully saturated rings. The van der Waals surface area contributed by atoms with Gasteiger partial charge in [-0.1, -0.05) is 0 Å². The van der Waals surface area contributed by atoms with Crippen LogP contribution in [0.25, 0.3) is 0 Å². The maximum Gasteiger partial charge on any atom is 0.251 e. The molecule has 0 atom stereocenters. The lowest BCUT2D eigenvalue weighted by Crippen LogP contribution is -2.31. The van der Waals surface area contributed by atoms with Crippen LogP contribution in [0.5, 0.6) is 5.75 Å². The predicted molar refractivity (Wildman–Crippen MR) is 81.5 cm³/mol. The van der Waals surface area contributed by atoms with Gasteiger partial charge in [0.2, 0.25) is 0 Å². The Balaban J connectivity index is 1.79. The van der Waals surface area contributed by atoms with Gasteiger partial charge in [0.1, 0.15) is 5.75 Å². The Bertz CT molecular complexity index is 425. The second kappa shape index (κ2) is 7.53. The Hall–Kier alpha value is -1.22. The van der Waals surface area contributed by atoms with Crippen LogP contribution in [0.3, 0.4) is 0 Å². The summed E-state index contributed by atoms with van der Waals surface area (Å²) < 4.78 is 5.36. The molecule has 0 saturated heterocycles. The maximum absolute atomic E-state index is 12.0. The van der Waals surface area contributed by atoms with Crippen molar-refractivity contribution in [1.29, 1.82) is 0 Å². The molecule has 1 saturated carbocycles. The van der Waals surface area contributed by atoms with Crippen molar-refractivity contribution in [3.63, 3.8) is 0 Å². The highest BCUT2D eigenvalue weighted by molar-refractivity contribution is 6.20. The van der Waals surface area contributed by atoms with Crippen molar-refractivity contribution in [3.05, 3.63) is 29.8 Å². The average Bonchev–Trinajstić information content (AvgIpc) is 2.47. The Kier molecular flexibility index (Phi) is 5.72. The maximum atomic E-state index is 12.0. The van der Waals surface area contributed by atoms with Crippen molar-refractivity contribution in [1.82, 2.24) is 5.32 Å². The van der Waals surface area contributed by atoms with E-state index in [1.165, 1.54) is 0 Å². The third-order valence-corrected chi connectivity index (χ3v) is 4.19. The summed E-state index contributed by atoms with van der Waals surface area (Å²) in [5.41, 5.74) is 0.680. The molecule has 0 radical (unpaired) electrons. The van der Waals surface area contributed by atoms with Crippen molar-refractivity contribution in [3.8, 4) is 5.75 Å². The zero-order chi connectivity index (χ0) is 14.4. The zero-order valence-electron chi connectivity index (χ0n) is 11.9. The van der Waals surface area contributed by atoms with E-state index in [1.807, 2.05) is 19.1 Å². The molecule has 3 nitrogen and oxygen atoms in total. The molecular formula is C16H22ClNO2. The van der Waals surface area contributed by atoms with E-state index in [2.05, 4.69) is 5.32 Å². The minimum Gasteiger partial charge on any atom is -0.494 e. The number of hydrogen-bond donors (Lipinski definition) is 1. The minimum absolute atomic E-state index is 0.0129. The standard InChI is InChI=1S/C16H22ClNO2/c1-2-20-15-9-5-13(6-10-15)16(19)18-11-12-3-7-14(17)8-4-12/h5-6,9-10,12,14H,2-4,7-8,11H2,1H3,(H,18,19). The molecule has 1 amide bonds. The van der Waals surface area contributed by atoms with Crippen LogP contribution in [0.2, 0.25) is 0 Å².